The average Bonchev–Trinajstić information content (AvgIpc) is 3.23. The lowest BCUT2D eigenvalue weighted by atomic mass is 9.88. The van der Waals surface area contributed by atoms with Gasteiger partial charge in [0.2, 0.25) is 5.91 Å². The molecule has 2 atom stereocenters. The van der Waals surface area contributed by atoms with Crippen molar-refractivity contribution in [2.24, 2.45) is 11.1 Å². The molecule has 0 aromatic rings. The van der Waals surface area contributed by atoms with Gasteiger partial charge in [0.1, 0.15) is 6.61 Å². The molecular formula is C25H54N4O4. The fourth-order valence-corrected chi connectivity index (χ4v) is 2.52. The number of nitrogens with two attached hydrogens (primary N) is 1. The van der Waals surface area contributed by atoms with Gasteiger partial charge in [0, 0.05) is 12.6 Å². The Morgan fingerprint density at radius 2 is 1.70 bits per heavy atom. The predicted octanol–water partition coefficient (Wildman–Crippen LogP) is 3.29. The molecule has 1 aliphatic rings. The third-order valence-electron chi connectivity index (χ3n) is 5.01. The number of nitrogens with one attached hydrogen (secondary N) is 2. The van der Waals surface area contributed by atoms with Crippen LogP contribution in [0.1, 0.15) is 87.5 Å². The summed E-state index contributed by atoms with van der Waals surface area (Å²) in [5.74, 6) is -0.278. The van der Waals surface area contributed by atoms with E-state index in [-0.39, 0.29) is 42.3 Å². The Kier molecular flexibility index (Phi) is 22.2. The van der Waals surface area contributed by atoms with Gasteiger partial charge in [-0.3, -0.25) is 19.8 Å². The molecule has 1 heterocycles. The lowest BCUT2D eigenvalue weighted by Crippen LogP contribution is -2.46. The van der Waals surface area contributed by atoms with E-state index in [1.54, 1.807) is 0 Å². The van der Waals surface area contributed by atoms with Gasteiger partial charge in [-0.2, -0.15) is 0 Å². The van der Waals surface area contributed by atoms with Crippen LogP contribution in [0.3, 0.4) is 0 Å². The van der Waals surface area contributed by atoms with E-state index in [0.717, 1.165) is 25.9 Å². The Balaban J connectivity index is 0. The van der Waals surface area contributed by atoms with Gasteiger partial charge in [-0.1, -0.05) is 74.7 Å². The number of likely N-dealkylation sites (tertiary alicyclic amines) is 1. The molecule has 1 rings (SSSR count). The first-order valence-corrected chi connectivity index (χ1v) is 12.7. The van der Waals surface area contributed by atoms with Crippen molar-refractivity contribution in [1.29, 1.82) is 0 Å². The quantitative estimate of drug-likeness (QED) is 0.278. The highest BCUT2D eigenvalue weighted by atomic mass is 16.5. The first kappa shape index (κ1) is 34.1. The van der Waals surface area contributed by atoms with Gasteiger partial charge in [0.05, 0.1) is 32.7 Å². The second-order valence-corrected chi connectivity index (χ2v) is 9.50. The van der Waals surface area contributed by atoms with Gasteiger partial charge >= 0.3 is 0 Å². The maximum absolute atomic E-state index is 12.4. The lowest BCUT2D eigenvalue weighted by molar-refractivity contribution is -0.131. The number of Topliss-reactive ketones (excluding diaryl/α,β-unsaturated/α-hetero) is 1. The third-order valence-corrected chi connectivity index (χ3v) is 5.01. The summed E-state index contributed by atoms with van der Waals surface area (Å²) in [5.41, 5.74) is 6.08. The summed E-state index contributed by atoms with van der Waals surface area (Å²) in [7, 11) is 0. The minimum Gasteiger partial charge on any atom is -0.364 e. The van der Waals surface area contributed by atoms with Crippen molar-refractivity contribution >= 4 is 11.7 Å². The molecule has 1 amide bonds. The summed E-state index contributed by atoms with van der Waals surface area (Å²) in [5, 5.41) is 5.67. The molecule has 0 saturated carbocycles. The van der Waals surface area contributed by atoms with Crippen LogP contribution in [0.2, 0.25) is 0 Å². The van der Waals surface area contributed by atoms with Crippen LogP contribution in [0.25, 0.3) is 0 Å². The van der Waals surface area contributed by atoms with Crippen LogP contribution in [0.5, 0.6) is 0 Å². The van der Waals surface area contributed by atoms with E-state index in [0.29, 0.717) is 20.1 Å². The summed E-state index contributed by atoms with van der Waals surface area (Å²) < 4.78 is 10.9. The topological polar surface area (TPSA) is 106 Å². The van der Waals surface area contributed by atoms with Gasteiger partial charge in [-0.15, -0.1) is 0 Å². The fraction of sp³-hybridized carbons (Fsp3) is 0.920. The minimum absolute atomic E-state index is 0.00450. The molecule has 4 N–H and O–H groups in total. The number of carbonyl (C=O) groups is 2. The first-order chi connectivity index (χ1) is 15.6. The maximum atomic E-state index is 12.4. The van der Waals surface area contributed by atoms with Gasteiger partial charge in [0.25, 0.3) is 0 Å². The number of hydrogen-bond acceptors (Lipinski definition) is 7. The highest BCUT2D eigenvalue weighted by Crippen LogP contribution is 2.19. The molecule has 33 heavy (non-hydrogen) atoms. The smallest absolute Gasteiger partial charge is 0.237 e. The van der Waals surface area contributed by atoms with E-state index in [1.807, 2.05) is 11.8 Å². The second kappa shape index (κ2) is 21.5. The van der Waals surface area contributed by atoms with Crippen molar-refractivity contribution in [3.63, 3.8) is 0 Å². The van der Waals surface area contributed by atoms with Crippen LogP contribution in [-0.2, 0) is 19.1 Å². The highest BCUT2D eigenvalue weighted by Gasteiger charge is 2.31. The molecule has 1 unspecified atom stereocenters. The Labute approximate surface area is 203 Å². The summed E-state index contributed by atoms with van der Waals surface area (Å²) in [4.78, 5) is 26.1. The predicted molar refractivity (Wildman–Crippen MR) is 137 cm³/mol. The maximum Gasteiger partial charge on any atom is 0.237 e. The van der Waals surface area contributed by atoms with Crippen molar-refractivity contribution in [2.45, 2.75) is 99.6 Å². The zero-order valence-corrected chi connectivity index (χ0v) is 22.8. The molecule has 0 aliphatic carbocycles. The molecule has 1 fully saturated rings. The van der Waals surface area contributed by atoms with Gasteiger partial charge in [-0.25, -0.2) is 0 Å². The summed E-state index contributed by atoms with van der Waals surface area (Å²) in [6, 6.07) is -0.312. The van der Waals surface area contributed by atoms with Crippen molar-refractivity contribution < 1.29 is 19.1 Å². The standard InChI is InChI=1S/C18H36N4O4.C4H10.C3H8/c1-5-20-12-25-10-14(23)9-21-17(24)15-7-6-8-22(15)13-26-11-16(19)18(2,3)4;1-3-4-2;1-3-2/h15-16,20H,5-13,19H2,1-4H3,(H,21,24);3-4H2,1-2H3;3H2,1-2H3/t15-,16?;;/m0../s1. The Hall–Kier alpha value is -1.06. The second-order valence-electron chi connectivity index (χ2n) is 9.50. The Morgan fingerprint density at radius 3 is 2.21 bits per heavy atom. The highest BCUT2D eigenvalue weighted by molar-refractivity contribution is 5.89. The molecular weight excluding hydrogens is 420 g/mol. The number of amides is 1. The van der Waals surface area contributed by atoms with E-state index in [4.69, 9.17) is 15.2 Å². The summed E-state index contributed by atoms with van der Waals surface area (Å²) >= 11 is 0. The number of ketones is 1. The Morgan fingerprint density at radius 1 is 1.09 bits per heavy atom. The number of hydrogen-bond donors (Lipinski definition) is 3. The minimum atomic E-state index is -0.253. The SMILES string of the molecule is CCC.CCCC.CCNCOCC(=O)CNC(=O)[C@@H]1CCCN1COCC(N)C(C)(C)C. The van der Waals surface area contributed by atoms with E-state index >= 15 is 0 Å². The van der Waals surface area contributed by atoms with Crippen LogP contribution >= 0.6 is 0 Å². The summed E-state index contributed by atoms with van der Waals surface area (Å²) in [6.45, 7) is 19.5. The van der Waals surface area contributed by atoms with Crippen LogP contribution in [0, 0.1) is 5.41 Å². The zero-order valence-electron chi connectivity index (χ0n) is 22.8. The molecule has 0 radical (unpaired) electrons. The van der Waals surface area contributed by atoms with Gasteiger partial charge in [-0.05, 0) is 24.8 Å². The molecule has 0 bridgehead atoms. The van der Waals surface area contributed by atoms with Crippen molar-refractivity contribution in [3.8, 4) is 0 Å². The molecule has 8 heteroatoms. The molecule has 198 valence electrons. The zero-order chi connectivity index (χ0) is 25.7. The van der Waals surface area contributed by atoms with E-state index < -0.39 is 0 Å². The molecule has 0 aromatic carbocycles. The fourth-order valence-electron chi connectivity index (χ4n) is 2.52. The molecule has 8 nitrogen and oxygen atoms in total. The normalized spacial score (nSPS) is 16.8. The number of unbranched alkanes of at least 4 members (excludes halogenated alkanes) is 1. The number of carbonyl (C=O) groups excluding carboxylic acids is 2. The number of rotatable bonds is 13. The largest absolute Gasteiger partial charge is 0.364 e. The lowest BCUT2D eigenvalue weighted by Gasteiger charge is -2.29. The van der Waals surface area contributed by atoms with Crippen molar-refractivity contribution in [1.82, 2.24) is 15.5 Å². The third kappa shape index (κ3) is 19.0. The Bertz CT molecular complexity index is 482. The van der Waals surface area contributed by atoms with Crippen LogP contribution in [-0.4, -0.2) is 75.0 Å². The molecule has 1 saturated heterocycles. The molecule has 1 aliphatic heterocycles. The first-order valence-electron chi connectivity index (χ1n) is 12.7. The van der Waals surface area contributed by atoms with E-state index in [9.17, 15) is 9.59 Å². The average molecular weight is 475 g/mol. The molecule has 0 aromatic heterocycles. The summed E-state index contributed by atoms with van der Waals surface area (Å²) in [6.07, 6.45) is 5.60. The van der Waals surface area contributed by atoms with E-state index in [2.05, 4.69) is 59.1 Å². The number of nitrogens with zero attached hydrogens (tertiary/aromatic N) is 1. The van der Waals surface area contributed by atoms with Gasteiger partial charge < -0.3 is 20.5 Å². The van der Waals surface area contributed by atoms with E-state index in [1.165, 1.54) is 19.3 Å². The van der Waals surface area contributed by atoms with Crippen LogP contribution in [0.15, 0.2) is 0 Å². The van der Waals surface area contributed by atoms with Gasteiger partial charge in [0.15, 0.2) is 5.78 Å². The van der Waals surface area contributed by atoms with Crippen LogP contribution in [0.4, 0.5) is 0 Å². The monoisotopic (exact) mass is 474 g/mol. The van der Waals surface area contributed by atoms with Crippen molar-refractivity contribution in [3.05, 3.63) is 0 Å². The van der Waals surface area contributed by atoms with Crippen LogP contribution < -0.4 is 16.4 Å². The van der Waals surface area contributed by atoms with Crippen molar-refractivity contribution in [2.75, 3.05) is 46.3 Å². The number of ether oxygens (including phenoxy) is 2. The molecule has 0 spiro atoms.